The van der Waals surface area contributed by atoms with E-state index in [-0.39, 0.29) is 10.9 Å². The zero-order chi connectivity index (χ0) is 17.8. The molecule has 2 atom stereocenters. The first kappa shape index (κ1) is 17.9. The zero-order valence-electron chi connectivity index (χ0n) is 13.9. The van der Waals surface area contributed by atoms with Gasteiger partial charge in [0.05, 0.1) is 12.6 Å². The van der Waals surface area contributed by atoms with Gasteiger partial charge in [0.15, 0.2) is 0 Å². The predicted molar refractivity (Wildman–Crippen MR) is 95.2 cm³/mol. The Morgan fingerprint density at radius 1 is 1.32 bits per heavy atom. The SMILES string of the molecule is Cc1ccc(C(NC(=O)C2CNCCO2)c2ccc(F)cc2Cl)cc1. The molecular weight excluding hydrogens is 343 g/mol. The summed E-state index contributed by atoms with van der Waals surface area (Å²) in [6.45, 7) is 3.67. The lowest BCUT2D eigenvalue weighted by molar-refractivity contribution is -0.134. The molecule has 132 valence electrons. The van der Waals surface area contributed by atoms with Gasteiger partial charge in [0, 0.05) is 18.1 Å². The first-order chi connectivity index (χ1) is 12.0. The maximum atomic E-state index is 13.4. The molecule has 2 unspecified atom stereocenters. The van der Waals surface area contributed by atoms with Gasteiger partial charge in [-0.15, -0.1) is 0 Å². The molecule has 6 heteroatoms. The number of amides is 1. The lowest BCUT2D eigenvalue weighted by Gasteiger charge is -2.27. The second-order valence-electron chi connectivity index (χ2n) is 6.08. The van der Waals surface area contributed by atoms with Crippen molar-refractivity contribution in [3.8, 4) is 0 Å². The maximum absolute atomic E-state index is 13.4. The van der Waals surface area contributed by atoms with Crippen molar-refractivity contribution in [1.29, 1.82) is 0 Å². The second kappa shape index (κ2) is 7.95. The van der Waals surface area contributed by atoms with Crippen molar-refractivity contribution < 1.29 is 13.9 Å². The summed E-state index contributed by atoms with van der Waals surface area (Å²) in [7, 11) is 0. The van der Waals surface area contributed by atoms with Crippen molar-refractivity contribution in [3.05, 3.63) is 70.0 Å². The van der Waals surface area contributed by atoms with Crippen molar-refractivity contribution in [2.75, 3.05) is 19.7 Å². The number of benzene rings is 2. The van der Waals surface area contributed by atoms with Gasteiger partial charge in [-0.1, -0.05) is 47.5 Å². The molecule has 0 aromatic heterocycles. The molecule has 0 bridgehead atoms. The van der Waals surface area contributed by atoms with E-state index in [0.29, 0.717) is 18.7 Å². The highest BCUT2D eigenvalue weighted by Gasteiger charge is 2.26. The first-order valence-corrected chi connectivity index (χ1v) is 8.56. The van der Waals surface area contributed by atoms with Gasteiger partial charge in [0.1, 0.15) is 11.9 Å². The molecule has 1 amide bonds. The van der Waals surface area contributed by atoms with E-state index in [4.69, 9.17) is 16.3 Å². The lowest BCUT2D eigenvalue weighted by atomic mass is 9.97. The summed E-state index contributed by atoms with van der Waals surface area (Å²) in [6, 6.07) is 11.5. The summed E-state index contributed by atoms with van der Waals surface area (Å²) in [6.07, 6.45) is -0.555. The van der Waals surface area contributed by atoms with Crippen LogP contribution in [0.5, 0.6) is 0 Å². The van der Waals surface area contributed by atoms with E-state index in [1.54, 1.807) is 6.07 Å². The van der Waals surface area contributed by atoms with Gasteiger partial charge in [0.25, 0.3) is 5.91 Å². The summed E-state index contributed by atoms with van der Waals surface area (Å²) >= 11 is 6.24. The topological polar surface area (TPSA) is 50.4 Å². The van der Waals surface area contributed by atoms with E-state index in [9.17, 15) is 9.18 Å². The highest BCUT2D eigenvalue weighted by molar-refractivity contribution is 6.31. The van der Waals surface area contributed by atoms with Crippen LogP contribution in [0, 0.1) is 12.7 Å². The van der Waals surface area contributed by atoms with Crippen LogP contribution in [0.3, 0.4) is 0 Å². The van der Waals surface area contributed by atoms with E-state index in [2.05, 4.69) is 10.6 Å². The van der Waals surface area contributed by atoms with Crippen molar-refractivity contribution in [3.63, 3.8) is 0 Å². The molecule has 0 spiro atoms. The van der Waals surface area contributed by atoms with Crippen LogP contribution in [0.2, 0.25) is 5.02 Å². The standard InChI is InChI=1S/C19H20ClFN2O2/c1-12-2-4-13(5-3-12)18(15-7-6-14(21)10-16(15)20)23-19(24)17-11-22-8-9-25-17/h2-7,10,17-18,22H,8-9,11H2,1H3,(H,23,24). The molecule has 3 rings (SSSR count). The lowest BCUT2D eigenvalue weighted by Crippen LogP contribution is -2.48. The molecule has 1 aliphatic rings. The third-order valence-corrected chi connectivity index (χ3v) is 4.52. The van der Waals surface area contributed by atoms with Crippen LogP contribution in [0.1, 0.15) is 22.7 Å². The van der Waals surface area contributed by atoms with E-state index in [0.717, 1.165) is 17.7 Å². The fourth-order valence-corrected chi connectivity index (χ4v) is 3.08. The molecule has 1 saturated heterocycles. The Balaban J connectivity index is 1.91. The Bertz CT molecular complexity index is 746. The van der Waals surface area contributed by atoms with Crippen molar-refractivity contribution in [2.24, 2.45) is 0 Å². The van der Waals surface area contributed by atoms with Crippen LogP contribution in [0.25, 0.3) is 0 Å². The Hall–Kier alpha value is -1.95. The summed E-state index contributed by atoms with van der Waals surface area (Å²) in [5, 5.41) is 6.39. The molecule has 1 heterocycles. The van der Waals surface area contributed by atoms with Gasteiger partial charge < -0.3 is 15.4 Å². The molecule has 0 aliphatic carbocycles. The van der Waals surface area contributed by atoms with Crippen LogP contribution in [-0.4, -0.2) is 31.7 Å². The molecule has 25 heavy (non-hydrogen) atoms. The minimum absolute atomic E-state index is 0.224. The minimum Gasteiger partial charge on any atom is -0.366 e. The van der Waals surface area contributed by atoms with Gasteiger partial charge in [-0.3, -0.25) is 4.79 Å². The van der Waals surface area contributed by atoms with Gasteiger partial charge in [-0.25, -0.2) is 4.39 Å². The zero-order valence-corrected chi connectivity index (χ0v) is 14.6. The quantitative estimate of drug-likeness (QED) is 0.879. The average molecular weight is 363 g/mol. The van der Waals surface area contributed by atoms with Gasteiger partial charge in [-0.05, 0) is 30.2 Å². The van der Waals surface area contributed by atoms with Crippen molar-refractivity contribution in [1.82, 2.24) is 10.6 Å². The number of morpholine rings is 1. The molecule has 0 radical (unpaired) electrons. The highest BCUT2D eigenvalue weighted by Crippen LogP contribution is 2.29. The van der Waals surface area contributed by atoms with Crippen LogP contribution in [0.15, 0.2) is 42.5 Å². The minimum atomic E-state index is -0.555. The third kappa shape index (κ3) is 4.37. The summed E-state index contributed by atoms with van der Waals surface area (Å²) in [5.74, 6) is -0.638. The molecule has 0 saturated carbocycles. The number of carbonyl (C=O) groups excluding carboxylic acids is 1. The van der Waals surface area contributed by atoms with Crippen LogP contribution in [-0.2, 0) is 9.53 Å². The molecule has 1 fully saturated rings. The maximum Gasteiger partial charge on any atom is 0.251 e. The van der Waals surface area contributed by atoms with Gasteiger partial charge >= 0.3 is 0 Å². The van der Waals surface area contributed by atoms with E-state index >= 15 is 0 Å². The molecule has 2 aromatic rings. The Kier molecular flexibility index (Phi) is 5.68. The predicted octanol–water partition coefficient (Wildman–Crippen LogP) is 2.98. The monoisotopic (exact) mass is 362 g/mol. The summed E-state index contributed by atoms with van der Waals surface area (Å²) in [4.78, 5) is 12.6. The third-order valence-electron chi connectivity index (χ3n) is 4.19. The van der Waals surface area contributed by atoms with E-state index in [1.165, 1.54) is 12.1 Å². The van der Waals surface area contributed by atoms with Crippen LogP contribution >= 0.6 is 11.6 Å². The highest BCUT2D eigenvalue weighted by atomic mass is 35.5. The molecule has 4 nitrogen and oxygen atoms in total. The fourth-order valence-electron chi connectivity index (χ4n) is 2.80. The smallest absolute Gasteiger partial charge is 0.251 e. The number of halogens is 2. The van der Waals surface area contributed by atoms with E-state index in [1.807, 2.05) is 31.2 Å². The van der Waals surface area contributed by atoms with Gasteiger partial charge in [0.2, 0.25) is 0 Å². The molecule has 2 aromatic carbocycles. The van der Waals surface area contributed by atoms with Crippen molar-refractivity contribution in [2.45, 2.75) is 19.1 Å². The Labute approximate surface area is 151 Å². The number of hydrogen-bond acceptors (Lipinski definition) is 3. The second-order valence-corrected chi connectivity index (χ2v) is 6.49. The Morgan fingerprint density at radius 2 is 2.08 bits per heavy atom. The fraction of sp³-hybridized carbons (Fsp3) is 0.316. The van der Waals surface area contributed by atoms with Gasteiger partial charge in [-0.2, -0.15) is 0 Å². The molecule has 2 N–H and O–H groups in total. The summed E-state index contributed by atoms with van der Waals surface area (Å²) < 4.78 is 18.9. The number of nitrogens with one attached hydrogen (secondary N) is 2. The molecular formula is C19H20ClFN2O2. The average Bonchev–Trinajstić information content (AvgIpc) is 2.62. The van der Waals surface area contributed by atoms with Crippen LogP contribution in [0.4, 0.5) is 4.39 Å². The number of carbonyl (C=O) groups is 1. The molecule has 1 aliphatic heterocycles. The Morgan fingerprint density at radius 3 is 2.72 bits per heavy atom. The normalized spacial score (nSPS) is 18.6. The number of ether oxygens (including phenoxy) is 1. The van der Waals surface area contributed by atoms with E-state index < -0.39 is 18.0 Å². The number of rotatable bonds is 4. The number of aryl methyl sites for hydroxylation is 1. The van der Waals surface area contributed by atoms with Crippen LogP contribution < -0.4 is 10.6 Å². The number of hydrogen-bond donors (Lipinski definition) is 2. The van der Waals surface area contributed by atoms with Crippen molar-refractivity contribution >= 4 is 17.5 Å². The summed E-state index contributed by atoms with van der Waals surface area (Å²) in [5.41, 5.74) is 2.62. The first-order valence-electron chi connectivity index (χ1n) is 8.19. The largest absolute Gasteiger partial charge is 0.366 e.